The van der Waals surface area contributed by atoms with E-state index in [1.165, 1.54) is 11.8 Å². The van der Waals surface area contributed by atoms with Crippen molar-refractivity contribution in [3.05, 3.63) is 35.9 Å². The van der Waals surface area contributed by atoms with Gasteiger partial charge in [0.2, 0.25) is 0 Å². The number of hydrogen-bond donors (Lipinski definition) is 0. The van der Waals surface area contributed by atoms with Gasteiger partial charge in [-0.05, 0) is 25.3 Å². The molecule has 0 aromatic heterocycles. The van der Waals surface area contributed by atoms with E-state index >= 15 is 0 Å². The topological polar surface area (TPSA) is 63.9 Å². The number of aliphatic carboxylic acids is 1. The molecule has 0 aliphatic carbocycles. The van der Waals surface area contributed by atoms with Gasteiger partial charge in [0.25, 0.3) is 0 Å². The first-order chi connectivity index (χ1) is 8.47. The van der Waals surface area contributed by atoms with E-state index in [4.69, 9.17) is 17.5 Å². The number of nitriles is 1. The van der Waals surface area contributed by atoms with Crippen LogP contribution in [0.25, 0.3) is 0 Å². The summed E-state index contributed by atoms with van der Waals surface area (Å²) in [6, 6.07) is 11.5. The van der Waals surface area contributed by atoms with Gasteiger partial charge < -0.3 is 9.90 Å². The normalized spacial score (nSPS) is 12.6. The summed E-state index contributed by atoms with van der Waals surface area (Å²) < 4.78 is -0.245. The molecule has 0 heterocycles. The Balaban J connectivity index is 0.00000324. The van der Waals surface area contributed by atoms with Crippen LogP contribution in [0, 0.1) is 11.3 Å². The zero-order valence-corrected chi connectivity index (χ0v) is 12.5. The summed E-state index contributed by atoms with van der Waals surface area (Å²) in [6.07, 6.45) is 0.0674. The number of thiocarbonyl (C=S) groups is 1. The molecule has 0 fully saturated rings. The molecular weight excluding hydrogens is 273 g/mol. The summed E-state index contributed by atoms with van der Waals surface area (Å²) in [4.78, 5) is 10.5. The number of benzene rings is 1. The van der Waals surface area contributed by atoms with Gasteiger partial charge in [-0.15, -0.1) is 0 Å². The van der Waals surface area contributed by atoms with Gasteiger partial charge in [0.15, 0.2) is 0 Å². The molecule has 1 aromatic rings. The first-order valence-electron chi connectivity index (χ1n) is 5.36. The molecule has 0 saturated carbocycles. The first kappa shape index (κ1) is 18.2. The maximum Gasteiger partial charge on any atom is 1.00 e. The van der Waals surface area contributed by atoms with Crippen LogP contribution in [-0.4, -0.2) is 14.9 Å². The van der Waals surface area contributed by atoms with E-state index in [1.54, 1.807) is 6.92 Å². The zero-order valence-electron chi connectivity index (χ0n) is 10.9. The minimum absolute atomic E-state index is 0. The quantitative estimate of drug-likeness (QED) is 0.508. The van der Waals surface area contributed by atoms with Gasteiger partial charge in [-0.3, -0.25) is 0 Å². The molecule has 0 bridgehead atoms. The fourth-order valence-electron chi connectivity index (χ4n) is 1.31. The van der Waals surface area contributed by atoms with Crippen LogP contribution in [-0.2, 0) is 4.79 Å². The van der Waals surface area contributed by atoms with Crippen LogP contribution in [0.4, 0.5) is 0 Å². The van der Waals surface area contributed by atoms with Gasteiger partial charge in [-0.1, -0.05) is 54.3 Å². The summed E-state index contributed by atoms with van der Waals surface area (Å²) in [5.41, 5.74) is 0.868. The molecule has 1 atom stereocenters. The average molecular weight is 285 g/mol. The minimum atomic E-state index is -1.15. The number of carbonyl (C=O) groups is 1. The summed E-state index contributed by atoms with van der Waals surface area (Å²) in [5, 5.41) is 19.6. The smallest absolute Gasteiger partial charge is 0.550 e. The predicted molar refractivity (Wildman–Crippen MR) is 74.0 cm³/mol. The Morgan fingerprint density at radius 1 is 1.47 bits per heavy atom. The predicted octanol–water partition coefficient (Wildman–Crippen LogP) is -1.09. The Hall–Kier alpha value is -0.783. The monoisotopic (exact) mass is 285 g/mol. The van der Waals surface area contributed by atoms with Crippen LogP contribution in [0.5, 0.6) is 0 Å². The molecule has 0 amide bonds. The van der Waals surface area contributed by atoms with E-state index in [2.05, 4.69) is 6.07 Å². The molecule has 0 radical (unpaired) electrons. The molecule has 1 aromatic carbocycles. The van der Waals surface area contributed by atoms with Crippen molar-refractivity contribution in [1.82, 2.24) is 0 Å². The summed E-state index contributed by atoms with van der Waals surface area (Å²) >= 11 is 6.48. The van der Waals surface area contributed by atoms with Crippen LogP contribution in [0.2, 0.25) is 0 Å². The summed E-state index contributed by atoms with van der Waals surface area (Å²) in [5.74, 6) is -1.15. The molecular formula is C13H12LiNO2S2. The van der Waals surface area contributed by atoms with E-state index in [1.807, 2.05) is 30.3 Å². The van der Waals surface area contributed by atoms with Crippen LogP contribution in [0.3, 0.4) is 0 Å². The molecule has 1 rings (SSSR count). The fraction of sp³-hybridized carbons (Fsp3) is 0.308. The first-order valence-corrected chi connectivity index (χ1v) is 6.59. The maximum absolute atomic E-state index is 10.5. The molecule has 6 heteroatoms. The van der Waals surface area contributed by atoms with Crippen molar-refractivity contribution in [1.29, 1.82) is 5.26 Å². The van der Waals surface area contributed by atoms with Crippen molar-refractivity contribution in [2.45, 2.75) is 24.5 Å². The van der Waals surface area contributed by atoms with Crippen molar-refractivity contribution >= 4 is 34.1 Å². The van der Waals surface area contributed by atoms with Crippen LogP contribution in [0.1, 0.15) is 25.3 Å². The van der Waals surface area contributed by atoms with E-state index in [9.17, 15) is 9.90 Å². The number of hydrogen-bond acceptors (Lipinski definition) is 5. The number of carbonyl (C=O) groups excluding carboxylic acids is 1. The van der Waals surface area contributed by atoms with Crippen molar-refractivity contribution in [2.24, 2.45) is 0 Å². The Morgan fingerprint density at radius 3 is 2.53 bits per heavy atom. The van der Waals surface area contributed by atoms with Crippen molar-refractivity contribution in [2.75, 3.05) is 0 Å². The molecule has 0 aliphatic rings. The van der Waals surface area contributed by atoms with E-state index in [0.717, 1.165) is 5.56 Å². The molecule has 19 heavy (non-hydrogen) atoms. The molecule has 0 spiro atoms. The van der Waals surface area contributed by atoms with Crippen LogP contribution < -0.4 is 24.0 Å². The van der Waals surface area contributed by atoms with E-state index in [0.29, 0.717) is 4.20 Å². The van der Waals surface area contributed by atoms with Gasteiger partial charge in [-0.25, -0.2) is 0 Å². The summed E-state index contributed by atoms with van der Waals surface area (Å²) in [7, 11) is 0. The number of nitrogens with zero attached hydrogens (tertiary/aromatic N) is 1. The zero-order chi connectivity index (χ0) is 13.6. The number of carboxylic acid groups (broad SMARTS) is 1. The van der Waals surface area contributed by atoms with Gasteiger partial charge in [0.1, 0.15) is 4.75 Å². The molecule has 0 aliphatic heterocycles. The number of rotatable bonds is 5. The Labute approximate surface area is 134 Å². The van der Waals surface area contributed by atoms with Crippen LogP contribution in [0.15, 0.2) is 30.3 Å². The summed E-state index contributed by atoms with van der Waals surface area (Å²) in [6.45, 7) is 1.69. The minimum Gasteiger partial charge on any atom is -0.550 e. The second kappa shape index (κ2) is 8.40. The number of carboxylic acids is 1. The van der Waals surface area contributed by atoms with E-state index < -0.39 is 10.7 Å². The SMILES string of the molecule is CC(C#N)(CCC(=O)[O-])SC(=S)c1ccccc1.[Li+]. The van der Waals surface area contributed by atoms with Gasteiger partial charge >= 0.3 is 18.9 Å². The third-order valence-electron chi connectivity index (χ3n) is 2.37. The average Bonchev–Trinajstić information content (AvgIpc) is 2.37. The van der Waals surface area contributed by atoms with Crippen LogP contribution >= 0.6 is 24.0 Å². The fourth-order valence-corrected chi connectivity index (χ4v) is 2.91. The molecule has 1 unspecified atom stereocenters. The molecule has 0 saturated heterocycles. The van der Waals surface area contributed by atoms with Gasteiger partial charge in [0, 0.05) is 5.97 Å². The molecule has 0 N–H and O–H groups in total. The van der Waals surface area contributed by atoms with Crippen molar-refractivity contribution < 1.29 is 28.8 Å². The van der Waals surface area contributed by atoms with Gasteiger partial charge in [-0.2, -0.15) is 5.26 Å². The second-order valence-corrected chi connectivity index (χ2v) is 6.15. The Kier molecular flexibility index (Phi) is 8.05. The van der Waals surface area contributed by atoms with Gasteiger partial charge in [0.05, 0.1) is 10.3 Å². The Morgan fingerprint density at radius 2 is 2.05 bits per heavy atom. The maximum atomic E-state index is 10.5. The molecule has 3 nitrogen and oxygen atoms in total. The van der Waals surface area contributed by atoms with Crippen molar-refractivity contribution in [3.63, 3.8) is 0 Å². The number of thioether (sulfide) groups is 1. The van der Waals surface area contributed by atoms with E-state index in [-0.39, 0.29) is 31.7 Å². The largest absolute Gasteiger partial charge is 1.00 e. The van der Waals surface area contributed by atoms with Crippen molar-refractivity contribution in [3.8, 4) is 6.07 Å². The Bertz CT molecular complexity index is 487. The third kappa shape index (κ3) is 6.27. The second-order valence-electron chi connectivity index (χ2n) is 3.97. The molecule has 94 valence electrons. The third-order valence-corrected chi connectivity index (χ3v) is 4.02. The standard InChI is InChI=1S/C13H13NO2S2.Li/c1-13(9-14,8-7-11(15)16)18-12(17)10-5-3-2-4-6-10;/h2-6H,7-8H2,1H3,(H,15,16);/q;+1/p-1.